The lowest BCUT2D eigenvalue weighted by Crippen LogP contribution is -2.25. The molecule has 1 aliphatic rings. The van der Waals surface area contributed by atoms with Crippen LogP contribution < -0.4 is 5.48 Å². The molecule has 0 fully saturated rings. The van der Waals surface area contributed by atoms with Gasteiger partial charge in [0.25, 0.3) is 0 Å². The number of benzene rings is 1. The van der Waals surface area contributed by atoms with Gasteiger partial charge in [-0.05, 0) is 18.1 Å². The van der Waals surface area contributed by atoms with Gasteiger partial charge in [0.15, 0.2) is 0 Å². The van der Waals surface area contributed by atoms with Crippen molar-refractivity contribution in [3.63, 3.8) is 0 Å². The molecule has 0 saturated carbocycles. The molecule has 1 aliphatic heterocycles. The predicted molar refractivity (Wildman–Crippen MR) is 42.8 cm³/mol. The summed E-state index contributed by atoms with van der Waals surface area (Å²) in [5, 5.41) is 0. The second-order valence-electron chi connectivity index (χ2n) is 2.83. The summed E-state index contributed by atoms with van der Waals surface area (Å²) in [7, 11) is 0. The molecule has 0 amide bonds. The summed E-state index contributed by atoms with van der Waals surface area (Å²) in [5.74, 6) is 0. The summed E-state index contributed by atoms with van der Waals surface area (Å²) in [6.45, 7) is 2.78. The molecule has 0 aromatic heterocycles. The molecule has 1 unspecified atom stereocenters. The Hall–Kier alpha value is -0.860. The highest BCUT2D eigenvalue weighted by molar-refractivity contribution is 5.29. The average Bonchev–Trinajstić information content (AvgIpc) is 2.06. The fourth-order valence-electron chi connectivity index (χ4n) is 1.40. The summed E-state index contributed by atoms with van der Waals surface area (Å²) < 4.78 is 0. The minimum absolute atomic E-state index is 0.319. The maximum absolute atomic E-state index is 5.16. The van der Waals surface area contributed by atoms with Crippen LogP contribution in [0.2, 0.25) is 0 Å². The zero-order chi connectivity index (χ0) is 7.68. The summed E-state index contributed by atoms with van der Waals surface area (Å²) in [6.07, 6.45) is 0. The largest absolute Gasteiger partial charge is 0.296 e. The van der Waals surface area contributed by atoms with Crippen LogP contribution in [0.1, 0.15) is 24.1 Å². The molecule has 0 spiro atoms. The maximum atomic E-state index is 5.16. The van der Waals surface area contributed by atoms with Crippen LogP contribution in [0.15, 0.2) is 24.3 Å². The number of nitrogens with one attached hydrogen (secondary N) is 1. The molecule has 2 rings (SSSR count). The Morgan fingerprint density at radius 1 is 1.45 bits per heavy atom. The van der Waals surface area contributed by atoms with Crippen molar-refractivity contribution in [2.75, 3.05) is 0 Å². The summed E-state index contributed by atoms with van der Waals surface area (Å²) in [4.78, 5) is 5.16. The molecule has 0 bridgehead atoms. The van der Waals surface area contributed by atoms with Gasteiger partial charge in [-0.1, -0.05) is 24.3 Å². The van der Waals surface area contributed by atoms with E-state index in [1.165, 1.54) is 11.1 Å². The van der Waals surface area contributed by atoms with Gasteiger partial charge in [0.05, 0.1) is 12.6 Å². The van der Waals surface area contributed by atoms with Crippen LogP contribution in [0.25, 0.3) is 0 Å². The van der Waals surface area contributed by atoms with Crippen LogP contribution in [0, 0.1) is 0 Å². The third kappa shape index (κ3) is 1.15. The van der Waals surface area contributed by atoms with Crippen molar-refractivity contribution in [2.45, 2.75) is 19.6 Å². The molecule has 1 N–H and O–H groups in total. The van der Waals surface area contributed by atoms with Crippen molar-refractivity contribution >= 4 is 0 Å². The quantitative estimate of drug-likeness (QED) is 0.607. The molecule has 0 saturated heterocycles. The highest BCUT2D eigenvalue weighted by Crippen LogP contribution is 2.21. The second kappa shape index (κ2) is 2.64. The average molecular weight is 149 g/mol. The monoisotopic (exact) mass is 149 g/mol. The first-order valence-electron chi connectivity index (χ1n) is 3.83. The third-order valence-corrected chi connectivity index (χ3v) is 2.01. The van der Waals surface area contributed by atoms with Gasteiger partial charge in [0, 0.05) is 0 Å². The van der Waals surface area contributed by atoms with Gasteiger partial charge in [-0.25, -0.2) is 0 Å². The summed E-state index contributed by atoms with van der Waals surface area (Å²) in [6, 6.07) is 8.66. The van der Waals surface area contributed by atoms with Crippen LogP contribution in [0.4, 0.5) is 0 Å². The molecule has 11 heavy (non-hydrogen) atoms. The van der Waals surface area contributed by atoms with Crippen molar-refractivity contribution in [1.82, 2.24) is 5.48 Å². The lowest BCUT2D eigenvalue weighted by molar-refractivity contribution is -0.00719. The van der Waals surface area contributed by atoms with E-state index in [9.17, 15) is 0 Å². The Bertz CT molecular complexity index is 259. The van der Waals surface area contributed by atoms with E-state index < -0.39 is 0 Å². The lowest BCUT2D eigenvalue weighted by Gasteiger charge is -2.22. The van der Waals surface area contributed by atoms with E-state index in [-0.39, 0.29) is 0 Å². The topological polar surface area (TPSA) is 21.3 Å². The van der Waals surface area contributed by atoms with Crippen LogP contribution in [0.3, 0.4) is 0 Å². The number of fused-ring (bicyclic) bond motifs is 1. The highest BCUT2D eigenvalue weighted by Gasteiger charge is 2.14. The van der Waals surface area contributed by atoms with E-state index in [0.717, 1.165) is 0 Å². The smallest absolute Gasteiger partial charge is 0.0936 e. The van der Waals surface area contributed by atoms with Crippen molar-refractivity contribution < 1.29 is 4.84 Å². The van der Waals surface area contributed by atoms with E-state index in [2.05, 4.69) is 30.6 Å². The van der Waals surface area contributed by atoms with Gasteiger partial charge in [0.1, 0.15) is 0 Å². The van der Waals surface area contributed by atoms with E-state index in [4.69, 9.17) is 4.84 Å². The van der Waals surface area contributed by atoms with E-state index >= 15 is 0 Å². The van der Waals surface area contributed by atoms with E-state index in [1.807, 2.05) is 6.07 Å². The number of hydrogen-bond acceptors (Lipinski definition) is 2. The molecule has 2 heteroatoms. The van der Waals surface area contributed by atoms with Crippen molar-refractivity contribution in [3.05, 3.63) is 35.4 Å². The molecule has 2 nitrogen and oxygen atoms in total. The summed E-state index contributed by atoms with van der Waals surface area (Å²) >= 11 is 0. The first-order chi connectivity index (χ1) is 5.38. The number of hydrogen-bond donors (Lipinski definition) is 1. The molecule has 1 heterocycles. The molecular formula is C9H11NO. The summed E-state index contributed by atoms with van der Waals surface area (Å²) in [5.41, 5.74) is 5.57. The van der Waals surface area contributed by atoms with Crippen molar-refractivity contribution in [2.24, 2.45) is 0 Å². The Morgan fingerprint density at radius 3 is 3.09 bits per heavy atom. The Labute approximate surface area is 66.1 Å². The van der Waals surface area contributed by atoms with Gasteiger partial charge in [-0.15, -0.1) is 0 Å². The molecule has 1 aromatic rings. The minimum Gasteiger partial charge on any atom is -0.296 e. The zero-order valence-electron chi connectivity index (χ0n) is 6.50. The molecule has 0 radical (unpaired) electrons. The standard InChI is InChI=1S/C9H11NO/c1-7-9-5-3-2-4-8(9)6-11-10-7/h2-5,7,10H,6H2,1H3. The van der Waals surface area contributed by atoms with Crippen molar-refractivity contribution in [3.8, 4) is 0 Å². The SMILES string of the molecule is CC1NOCc2ccccc21. The molecule has 58 valence electrons. The Kier molecular flexibility index (Phi) is 1.64. The van der Waals surface area contributed by atoms with Crippen molar-refractivity contribution in [1.29, 1.82) is 0 Å². The van der Waals surface area contributed by atoms with Gasteiger partial charge >= 0.3 is 0 Å². The number of hydroxylamine groups is 1. The Morgan fingerprint density at radius 2 is 2.27 bits per heavy atom. The second-order valence-corrected chi connectivity index (χ2v) is 2.83. The lowest BCUT2D eigenvalue weighted by atomic mass is 10.0. The van der Waals surface area contributed by atoms with Crippen LogP contribution in [-0.4, -0.2) is 0 Å². The fraction of sp³-hybridized carbons (Fsp3) is 0.333. The highest BCUT2D eigenvalue weighted by atomic mass is 16.6. The van der Waals surface area contributed by atoms with Crippen LogP contribution >= 0.6 is 0 Å². The first kappa shape index (κ1) is 6.83. The molecule has 1 atom stereocenters. The van der Waals surface area contributed by atoms with E-state index in [0.29, 0.717) is 12.6 Å². The third-order valence-electron chi connectivity index (χ3n) is 2.01. The van der Waals surface area contributed by atoms with Gasteiger partial charge < -0.3 is 0 Å². The zero-order valence-corrected chi connectivity index (χ0v) is 6.50. The van der Waals surface area contributed by atoms with Gasteiger partial charge in [-0.2, -0.15) is 5.48 Å². The first-order valence-corrected chi connectivity index (χ1v) is 3.83. The predicted octanol–water partition coefficient (Wildman–Crippen LogP) is 1.78. The Balaban J connectivity index is 2.44. The van der Waals surface area contributed by atoms with E-state index in [1.54, 1.807) is 0 Å². The van der Waals surface area contributed by atoms with Crippen LogP contribution in [-0.2, 0) is 11.4 Å². The maximum Gasteiger partial charge on any atom is 0.0936 e. The van der Waals surface area contributed by atoms with Crippen LogP contribution in [0.5, 0.6) is 0 Å². The molecule has 0 aliphatic carbocycles. The van der Waals surface area contributed by atoms with Gasteiger partial charge in [-0.3, -0.25) is 4.84 Å². The molecular weight excluding hydrogens is 138 g/mol. The fourth-order valence-corrected chi connectivity index (χ4v) is 1.40. The minimum atomic E-state index is 0.319. The normalized spacial score (nSPS) is 22.8. The molecule has 1 aromatic carbocycles. The van der Waals surface area contributed by atoms with Gasteiger partial charge in [0.2, 0.25) is 0 Å². The number of rotatable bonds is 0.